The molecule has 164 valence electrons. The first-order chi connectivity index (χ1) is 14.6. The van der Waals surface area contributed by atoms with Gasteiger partial charge >= 0.3 is 0 Å². The number of halogens is 1. The molecule has 0 atom stereocenters. The van der Waals surface area contributed by atoms with Crippen molar-refractivity contribution in [1.29, 1.82) is 5.26 Å². The van der Waals surface area contributed by atoms with E-state index in [1.807, 2.05) is 11.0 Å². The van der Waals surface area contributed by atoms with Gasteiger partial charge in [-0.15, -0.1) is 0 Å². The Morgan fingerprint density at radius 1 is 1.29 bits per heavy atom. The molecule has 3 rings (SSSR count). The Balaban J connectivity index is 1.84. The molecule has 8 heteroatoms. The van der Waals surface area contributed by atoms with Gasteiger partial charge < -0.3 is 14.2 Å². The van der Waals surface area contributed by atoms with Crippen LogP contribution in [-0.4, -0.2) is 39.2 Å². The van der Waals surface area contributed by atoms with Gasteiger partial charge in [0.15, 0.2) is 8.32 Å². The molecule has 0 aliphatic carbocycles. The van der Waals surface area contributed by atoms with Crippen LogP contribution in [0.4, 0.5) is 10.2 Å². The van der Waals surface area contributed by atoms with E-state index in [1.165, 1.54) is 7.11 Å². The molecular formula is C23H29FN4O2Si. The van der Waals surface area contributed by atoms with Crippen molar-refractivity contribution in [2.75, 3.05) is 25.1 Å². The van der Waals surface area contributed by atoms with Crippen LogP contribution in [0.15, 0.2) is 35.6 Å². The highest BCUT2D eigenvalue weighted by Crippen LogP contribution is 2.37. The summed E-state index contributed by atoms with van der Waals surface area (Å²) in [7, 11) is -0.494. The van der Waals surface area contributed by atoms with Crippen molar-refractivity contribution < 1.29 is 13.7 Å². The molecule has 1 aromatic heterocycles. The van der Waals surface area contributed by atoms with Gasteiger partial charge in [-0.05, 0) is 24.2 Å². The van der Waals surface area contributed by atoms with E-state index < -0.39 is 8.32 Å². The van der Waals surface area contributed by atoms with Crippen LogP contribution in [-0.2, 0) is 15.9 Å². The largest absolute Gasteiger partial charge is 0.412 e. The average Bonchev–Trinajstić information content (AvgIpc) is 2.68. The summed E-state index contributed by atoms with van der Waals surface area (Å²) in [6.45, 7) is 12.1. The van der Waals surface area contributed by atoms with Gasteiger partial charge in [-0.1, -0.05) is 44.1 Å². The highest BCUT2D eigenvalue weighted by atomic mass is 28.4. The van der Waals surface area contributed by atoms with Crippen molar-refractivity contribution in [3.63, 3.8) is 0 Å². The first-order valence-corrected chi connectivity index (χ1v) is 13.1. The number of nitriles is 1. The van der Waals surface area contributed by atoms with Crippen molar-refractivity contribution in [2.24, 2.45) is 5.16 Å². The SMILES string of the molecule is CON=C1CN(c2ncc(-c3cccc(CO[Si](C)(C)C(C)(C)C)c3F)cc2C#N)C1. The standard InChI is InChI=1S/C23H29FN4O2Si/c1-23(2,3)31(5,6)30-15-16-8-7-9-20(21(16)24)18-10-17(11-25)22(26-12-18)28-13-19(14-28)27-29-4/h7-10,12H,13-15H2,1-6H3. The highest BCUT2D eigenvalue weighted by molar-refractivity contribution is 6.74. The average molecular weight is 441 g/mol. The maximum atomic E-state index is 15.3. The maximum Gasteiger partial charge on any atom is 0.192 e. The fourth-order valence-corrected chi connectivity index (χ4v) is 4.01. The van der Waals surface area contributed by atoms with E-state index in [9.17, 15) is 5.26 Å². The summed E-state index contributed by atoms with van der Waals surface area (Å²) < 4.78 is 21.5. The maximum absolute atomic E-state index is 15.3. The number of hydrogen-bond donors (Lipinski definition) is 0. The lowest BCUT2D eigenvalue weighted by atomic mass is 10.0. The smallest absolute Gasteiger partial charge is 0.192 e. The zero-order valence-corrected chi connectivity index (χ0v) is 20.0. The monoisotopic (exact) mass is 440 g/mol. The van der Waals surface area contributed by atoms with Crippen LogP contribution in [0.2, 0.25) is 18.1 Å². The summed E-state index contributed by atoms with van der Waals surface area (Å²) in [5.74, 6) is 0.234. The van der Waals surface area contributed by atoms with Crippen LogP contribution in [0.25, 0.3) is 11.1 Å². The summed E-state index contributed by atoms with van der Waals surface area (Å²) >= 11 is 0. The summed E-state index contributed by atoms with van der Waals surface area (Å²) in [6, 6.07) is 9.13. The molecule has 0 spiro atoms. The molecule has 0 bridgehead atoms. The molecule has 0 saturated carbocycles. The minimum atomic E-state index is -2.00. The Kier molecular flexibility index (Phi) is 6.48. The zero-order valence-electron chi connectivity index (χ0n) is 19.0. The normalized spacial score (nSPS) is 14.1. The van der Waals surface area contributed by atoms with Gasteiger partial charge in [0.05, 0.1) is 31.0 Å². The molecule has 0 N–H and O–H groups in total. The lowest BCUT2D eigenvalue weighted by molar-refractivity contribution is 0.211. The summed E-state index contributed by atoms with van der Waals surface area (Å²) in [5.41, 5.74) is 2.78. The quantitative estimate of drug-likeness (QED) is 0.461. The van der Waals surface area contributed by atoms with Gasteiger partial charge in [0.1, 0.15) is 24.8 Å². The molecule has 2 heterocycles. The number of aromatic nitrogens is 1. The fraction of sp³-hybridized carbons (Fsp3) is 0.435. The van der Waals surface area contributed by atoms with Crippen molar-refractivity contribution in [3.05, 3.63) is 47.4 Å². The number of anilines is 1. The van der Waals surface area contributed by atoms with Crippen LogP contribution in [0.3, 0.4) is 0 Å². The Morgan fingerprint density at radius 3 is 2.61 bits per heavy atom. The van der Waals surface area contributed by atoms with E-state index in [0.717, 1.165) is 5.71 Å². The number of benzene rings is 1. The first kappa shape index (κ1) is 22.9. The third-order valence-electron chi connectivity index (χ3n) is 6.04. The van der Waals surface area contributed by atoms with E-state index in [1.54, 1.807) is 24.4 Å². The lowest BCUT2D eigenvalue weighted by Gasteiger charge is -2.36. The summed E-state index contributed by atoms with van der Waals surface area (Å²) in [5, 5.41) is 13.6. The third-order valence-corrected chi connectivity index (χ3v) is 10.5. The van der Waals surface area contributed by atoms with Gasteiger partial charge in [0.2, 0.25) is 0 Å². The molecule has 31 heavy (non-hydrogen) atoms. The second-order valence-electron chi connectivity index (χ2n) is 9.23. The van der Waals surface area contributed by atoms with Gasteiger partial charge in [0, 0.05) is 22.9 Å². The van der Waals surface area contributed by atoms with Crippen LogP contribution in [0.1, 0.15) is 31.9 Å². The minimum absolute atomic E-state index is 0.0488. The van der Waals surface area contributed by atoms with Crippen LogP contribution >= 0.6 is 0 Å². The number of pyridine rings is 1. The number of hydrogen-bond acceptors (Lipinski definition) is 6. The van der Waals surface area contributed by atoms with E-state index in [-0.39, 0.29) is 17.5 Å². The minimum Gasteiger partial charge on any atom is -0.412 e. The Morgan fingerprint density at radius 2 is 2.00 bits per heavy atom. The van der Waals surface area contributed by atoms with E-state index in [0.29, 0.717) is 41.2 Å². The van der Waals surface area contributed by atoms with Gasteiger partial charge in [-0.3, -0.25) is 0 Å². The number of nitrogens with zero attached hydrogens (tertiary/aromatic N) is 4. The molecule has 1 saturated heterocycles. The van der Waals surface area contributed by atoms with Crippen LogP contribution in [0.5, 0.6) is 0 Å². The third kappa shape index (κ3) is 4.78. The second-order valence-corrected chi connectivity index (χ2v) is 14.0. The summed E-state index contributed by atoms with van der Waals surface area (Å²) in [4.78, 5) is 11.2. The first-order valence-electron chi connectivity index (χ1n) is 10.2. The van der Waals surface area contributed by atoms with Gasteiger partial charge in [0.25, 0.3) is 0 Å². The topological polar surface area (TPSA) is 70.7 Å². The molecule has 1 fully saturated rings. The number of oxime groups is 1. The molecular weight excluding hydrogens is 411 g/mol. The van der Waals surface area contributed by atoms with Gasteiger partial charge in [-0.2, -0.15) is 5.26 Å². The molecule has 0 amide bonds. The summed E-state index contributed by atoms with van der Waals surface area (Å²) in [6.07, 6.45) is 1.61. The second kappa shape index (κ2) is 8.77. The van der Waals surface area contributed by atoms with Crippen molar-refractivity contribution in [1.82, 2.24) is 4.98 Å². The molecule has 0 radical (unpaired) electrons. The molecule has 0 unspecified atom stereocenters. The Bertz CT molecular complexity index is 1030. The number of rotatable bonds is 6. The van der Waals surface area contributed by atoms with Crippen molar-refractivity contribution in [2.45, 2.75) is 45.5 Å². The van der Waals surface area contributed by atoms with Gasteiger partial charge in [-0.25, -0.2) is 9.37 Å². The van der Waals surface area contributed by atoms with Crippen LogP contribution in [0, 0.1) is 17.1 Å². The molecule has 1 aromatic carbocycles. The zero-order chi connectivity index (χ0) is 22.8. The van der Waals surface area contributed by atoms with E-state index >= 15 is 4.39 Å². The van der Waals surface area contributed by atoms with Crippen LogP contribution < -0.4 is 4.90 Å². The van der Waals surface area contributed by atoms with E-state index in [2.05, 4.69) is 50.1 Å². The van der Waals surface area contributed by atoms with Crippen molar-refractivity contribution >= 4 is 19.8 Å². The molecule has 6 nitrogen and oxygen atoms in total. The Labute approximate surface area is 184 Å². The fourth-order valence-electron chi connectivity index (χ4n) is 3.06. The molecule has 2 aromatic rings. The molecule has 1 aliphatic rings. The Hall–Kier alpha value is -2.76. The highest BCUT2D eigenvalue weighted by Gasteiger charge is 2.37. The molecule has 1 aliphatic heterocycles. The predicted octanol–water partition coefficient (Wildman–Crippen LogP) is 5.10. The lowest BCUT2D eigenvalue weighted by Crippen LogP contribution is -2.48. The van der Waals surface area contributed by atoms with Crippen molar-refractivity contribution in [3.8, 4) is 17.2 Å². The van der Waals surface area contributed by atoms with E-state index in [4.69, 9.17) is 9.26 Å². The predicted molar refractivity (Wildman–Crippen MR) is 123 cm³/mol.